The Morgan fingerprint density at radius 3 is 2.10 bits per heavy atom. The van der Waals surface area contributed by atoms with Gasteiger partial charge in [-0.05, 0) is 46.5 Å². The average Bonchev–Trinajstić information content (AvgIpc) is 2.35. The summed E-state index contributed by atoms with van der Waals surface area (Å²) in [6, 6.07) is 0.722. The molecule has 0 saturated heterocycles. The first-order chi connectivity index (χ1) is 4.49. The summed E-state index contributed by atoms with van der Waals surface area (Å²) >= 11 is 0. The minimum Gasteiger partial charge on any atom is -0.309 e. The molecule has 0 radical (unpaired) electrons. The predicted octanol–water partition coefficient (Wildman–Crippen LogP) is 2.17. The lowest BCUT2D eigenvalue weighted by atomic mass is 10.1. The Kier molecular flexibility index (Phi) is 2.04. The minimum absolute atomic E-state index is 0.294. The maximum Gasteiger partial charge on any atom is 0.00990 e. The smallest absolute Gasteiger partial charge is 0.00990 e. The van der Waals surface area contributed by atoms with Crippen LogP contribution in [0.1, 0.15) is 40.5 Å². The van der Waals surface area contributed by atoms with Gasteiger partial charge < -0.3 is 5.32 Å². The van der Waals surface area contributed by atoms with E-state index >= 15 is 0 Å². The quantitative estimate of drug-likeness (QED) is 0.621. The highest BCUT2D eigenvalue weighted by Gasteiger charge is 2.29. The maximum atomic E-state index is 3.58. The first-order valence-electron chi connectivity index (χ1n) is 4.27. The molecule has 0 amide bonds. The van der Waals surface area contributed by atoms with Crippen molar-refractivity contribution >= 4 is 0 Å². The van der Waals surface area contributed by atoms with Gasteiger partial charge in [-0.1, -0.05) is 0 Å². The fourth-order valence-corrected chi connectivity index (χ4v) is 1.40. The molecule has 0 aromatic carbocycles. The Balaban J connectivity index is 2.23. The van der Waals surface area contributed by atoms with E-state index in [0.717, 1.165) is 12.0 Å². The van der Waals surface area contributed by atoms with Gasteiger partial charge in [-0.3, -0.25) is 0 Å². The first kappa shape index (κ1) is 8.06. The molecule has 1 heteroatoms. The van der Waals surface area contributed by atoms with Gasteiger partial charge in [-0.25, -0.2) is 0 Å². The molecule has 0 aromatic heterocycles. The van der Waals surface area contributed by atoms with Crippen LogP contribution >= 0.6 is 0 Å². The molecule has 1 nitrogen and oxygen atoms in total. The molecule has 1 fully saturated rings. The third-order valence-electron chi connectivity index (χ3n) is 1.99. The molecule has 0 heterocycles. The molecule has 1 saturated carbocycles. The summed E-state index contributed by atoms with van der Waals surface area (Å²) in [6.07, 6.45) is 2.87. The normalized spacial score (nSPS) is 22.8. The van der Waals surface area contributed by atoms with E-state index in [0.29, 0.717) is 5.54 Å². The monoisotopic (exact) mass is 141 g/mol. The van der Waals surface area contributed by atoms with E-state index in [2.05, 4.69) is 33.0 Å². The summed E-state index contributed by atoms with van der Waals surface area (Å²) < 4.78 is 0. The van der Waals surface area contributed by atoms with Crippen molar-refractivity contribution < 1.29 is 0 Å². The second kappa shape index (κ2) is 2.54. The molecule has 1 rings (SSSR count). The van der Waals surface area contributed by atoms with Crippen molar-refractivity contribution in [2.24, 2.45) is 5.92 Å². The predicted molar refractivity (Wildman–Crippen MR) is 45.1 cm³/mol. The van der Waals surface area contributed by atoms with Crippen molar-refractivity contribution in [1.29, 1.82) is 0 Å². The second-order valence-corrected chi connectivity index (χ2v) is 4.52. The van der Waals surface area contributed by atoms with Crippen LogP contribution in [-0.2, 0) is 0 Å². The minimum atomic E-state index is 0.294. The molecule has 1 unspecified atom stereocenters. The average molecular weight is 141 g/mol. The van der Waals surface area contributed by atoms with Crippen molar-refractivity contribution in [3.05, 3.63) is 0 Å². The van der Waals surface area contributed by atoms with E-state index in [1.807, 2.05) is 0 Å². The first-order valence-corrected chi connectivity index (χ1v) is 4.27. The third-order valence-corrected chi connectivity index (χ3v) is 1.99. The van der Waals surface area contributed by atoms with Gasteiger partial charge in [0.1, 0.15) is 0 Å². The van der Waals surface area contributed by atoms with Crippen LogP contribution in [0.15, 0.2) is 0 Å². The number of nitrogens with one attached hydrogen (secondary N) is 1. The van der Waals surface area contributed by atoms with Gasteiger partial charge in [-0.15, -0.1) is 0 Å². The summed E-state index contributed by atoms with van der Waals surface area (Å²) in [4.78, 5) is 0. The summed E-state index contributed by atoms with van der Waals surface area (Å²) in [5, 5.41) is 3.58. The second-order valence-electron chi connectivity index (χ2n) is 4.52. The van der Waals surface area contributed by atoms with Crippen LogP contribution in [0.5, 0.6) is 0 Å². The van der Waals surface area contributed by atoms with Crippen molar-refractivity contribution in [2.75, 3.05) is 0 Å². The van der Waals surface area contributed by atoms with Gasteiger partial charge in [0.2, 0.25) is 0 Å². The van der Waals surface area contributed by atoms with Crippen molar-refractivity contribution in [1.82, 2.24) is 5.32 Å². The molecule has 10 heavy (non-hydrogen) atoms. The molecule has 1 atom stereocenters. The molecule has 1 aliphatic carbocycles. The van der Waals surface area contributed by atoms with Gasteiger partial charge in [0.25, 0.3) is 0 Å². The van der Waals surface area contributed by atoms with Crippen LogP contribution in [0.3, 0.4) is 0 Å². The summed E-state index contributed by atoms with van der Waals surface area (Å²) in [5.41, 5.74) is 0.294. The Hall–Kier alpha value is -0.0400. The zero-order valence-electron chi connectivity index (χ0n) is 7.57. The Morgan fingerprint density at radius 2 is 1.80 bits per heavy atom. The Bertz CT molecular complexity index is 108. The highest BCUT2D eigenvalue weighted by molar-refractivity contribution is 4.87. The van der Waals surface area contributed by atoms with Gasteiger partial charge in [-0.2, -0.15) is 0 Å². The molecule has 60 valence electrons. The molecular weight excluding hydrogens is 122 g/mol. The molecule has 0 spiro atoms. The zero-order chi connectivity index (χ0) is 7.78. The molecule has 0 aliphatic heterocycles. The standard InChI is InChI=1S/C9H19N/c1-7(8-5-6-8)10-9(2,3)4/h7-8,10H,5-6H2,1-4H3. The molecule has 1 N–H and O–H groups in total. The highest BCUT2D eigenvalue weighted by atomic mass is 15.0. The topological polar surface area (TPSA) is 12.0 Å². The summed E-state index contributed by atoms with van der Waals surface area (Å²) in [5.74, 6) is 0.972. The van der Waals surface area contributed by atoms with E-state index in [-0.39, 0.29) is 0 Å². The Labute approximate surface area is 64.2 Å². The fraction of sp³-hybridized carbons (Fsp3) is 1.00. The van der Waals surface area contributed by atoms with Crippen LogP contribution in [0.25, 0.3) is 0 Å². The van der Waals surface area contributed by atoms with Crippen molar-refractivity contribution in [3.63, 3.8) is 0 Å². The molecular formula is C9H19N. The van der Waals surface area contributed by atoms with E-state index in [1.54, 1.807) is 0 Å². The van der Waals surface area contributed by atoms with Crippen LogP contribution in [0.2, 0.25) is 0 Å². The van der Waals surface area contributed by atoms with Crippen LogP contribution < -0.4 is 5.32 Å². The molecule has 1 aliphatic rings. The SMILES string of the molecule is CC(NC(C)(C)C)C1CC1. The van der Waals surface area contributed by atoms with E-state index in [4.69, 9.17) is 0 Å². The third kappa shape index (κ3) is 2.70. The summed E-state index contributed by atoms with van der Waals surface area (Å²) in [7, 11) is 0. The lowest BCUT2D eigenvalue weighted by molar-refractivity contribution is 0.350. The number of hydrogen-bond donors (Lipinski definition) is 1. The lowest BCUT2D eigenvalue weighted by Crippen LogP contribution is -2.43. The maximum absolute atomic E-state index is 3.58. The lowest BCUT2D eigenvalue weighted by Gasteiger charge is -2.25. The fourth-order valence-electron chi connectivity index (χ4n) is 1.40. The van der Waals surface area contributed by atoms with Gasteiger partial charge in [0.05, 0.1) is 0 Å². The van der Waals surface area contributed by atoms with Crippen LogP contribution in [0.4, 0.5) is 0 Å². The van der Waals surface area contributed by atoms with Crippen LogP contribution in [0, 0.1) is 5.92 Å². The largest absolute Gasteiger partial charge is 0.309 e. The van der Waals surface area contributed by atoms with Crippen LogP contribution in [-0.4, -0.2) is 11.6 Å². The van der Waals surface area contributed by atoms with E-state index in [1.165, 1.54) is 12.8 Å². The van der Waals surface area contributed by atoms with Crippen molar-refractivity contribution in [3.8, 4) is 0 Å². The summed E-state index contributed by atoms with van der Waals surface area (Å²) in [6.45, 7) is 8.98. The van der Waals surface area contributed by atoms with Gasteiger partial charge in [0.15, 0.2) is 0 Å². The molecule has 0 bridgehead atoms. The Morgan fingerprint density at radius 1 is 1.30 bits per heavy atom. The highest BCUT2D eigenvalue weighted by Crippen LogP contribution is 2.32. The van der Waals surface area contributed by atoms with E-state index < -0.39 is 0 Å². The number of rotatable bonds is 2. The van der Waals surface area contributed by atoms with Crippen molar-refractivity contribution in [2.45, 2.75) is 52.1 Å². The number of hydrogen-bond acceptors (Lipinski definition) is 1. The van der Waals surface area contributed by atoms with Gasteiger partial charge >= 0.3 is 0 Å². The van der Waals surface area contributed by atoms with Gasteiger partial charge in [0, 0.05) is 11.6 Å². The zero-order valence-corrected chi connectivity index (χ0v) is 7.57. The molecule has 0 aromatic rings. The van der Waals surface area contributed by atoms with E-state index in [9.17, 15) is 0 Å².